The van der Waals surface area contributed by atoms with E-state index in [1.807, 2.05) is 6.26 Å². The van der Waals surface area contributed by atoms with Crippen LogP contribution in [0, 0.1) is 12.7 Å². The van der Waals surface area contributed by atoms with Crippen LogP contribution in [0.4, 0.5) is 4.39 Å². The van der Waals surface area contributed by atoms with Gasteiger partial charge in [-0.1, -0.05) is 17.8 Å². The Morgan fingerprint density at radius 3 is 2.79 bits per heavy atom. The van der Waals surface area contributed by atoms with Crippen molar-refractivity contribution < 1.29 is 4.39 Å². The van der Waals surface area contributed by atoms with Crippen LogP contribution in [0.25, 0.3) is 22.4 Å². The number of nitrogens with zero attached hydrogens (tertiary/aromatic N) is 5. The quantitative estimate of drug-likeness (QED) is 0.524. The maximum atomic E-state index is 13.5. The van der Waals surface area contributed by atoms with Crippen LogP contribution in [0.1, 0.15) is 5.69 Å². The van der Waals surface area contributed by atoms with Crippen LogP contribution in [-0.4, -0.2) is 30.4 Å². The summed E-state index contributed by atoms with van der Waals surface area (Å²) in [6.07, 6.45) is 3.49. The highest BCUT2D eigenvalue weighted by Crippen LogP contribution is 2.18. The van der Waals surface area contributed by atoms with E-state index in [-0.39, 0.29) is 5.56 Å². The summed E-state index contributed by atoms with van der Waals surface area (Å²) in [6, 6.07) is 7.67. The number of hydrogen-bond acceptors (Lipinski definition) is 5. The second kappa shape index (κ2) is 5.41. The maximum Gasteiger partial charge on any atom is 0.266 e. The van der Waals surface area contributed by atoms with Crippen molar-refractivity contribution in [3.63, 3.8) is 0 Å². The van der Waals surface area contributed by atoms with E-state index in [1.54, 1.807) is 35.8 Å². The van der Waals surface area contributed by atoms with Crippen LogP contribution in [-0.2, 0) is 0 Å². The Labute approximate surface area is 140 Å². The first kappa shape index (κ1) is 14.8. The minimum Gasteiger partial charge on any atom is -0.284 e. The van der Waals surface area contributed by atoms with E-state index in [1.165, 1.54) is 28.5 Å². The molecule has 4 aromatic rings. The number of benzene rings is 1. The van der Waals surface area contributed by atoms with E-state index >= 15 is 0 Å². The number of rotatable bonds is 2. The van der Waals surface area contributed by atoms with Crippen LogP contribution in [0.15, 0.2) is 46.5 Å². The first-order chi connectivity index (χ1) is 11.6. The Bertz CT molecular complexity index is 1150. The fourth-order valence-electron chi connectivity index (χ4n) is 2.68. The lowest BCUT2D eigenvalue weighted by atomic mass is 10.2. The van der Waals surface area contributed by atoms with Gasteiger partial charge in [0.1, 0.15) is 5.82 Å². The molecule has 8 heteroatoms. The van der Waals surface area contributed by atoms with Gasteiger partial charge in [-0.3, -0.25) is 9.36 Å². The third-order valence-electron chi connectivity index (χ3n) is 3.77. The Kier molecular flexibility index (Phi) is 3.34. The monoisotopic (exact) mass is 341 g/mol. The normalized spacial score (nSPS) is 11.5. The van der Waals surface area contributed by atoms with Crippen LogP contribution in [0.3, 0.4) is 0 Å². The molecule has 3 aromatic heterocycles. The SMILES string of the molecule is CSc1nc2nc(C)c3c(=O)n(-c4cccc(F)c4)ccc3n2n1. The van der Waals surface area contributed by atoms with Gasteiger partial charge < -0.3 is 0 Å². The zero-order chi connectivity index (χ0) is 16.8. The van der Waals surface area contributed by atoms with Crippen molar-refractivity contribution in [2.45, 2.75) is 12.1 Å². The van der Waals surface area contributed by atoms with Gasteiger partial charge in [-0.05, 0) is 37.4 Å². The number of thioether (sulfide) groups is 1. The molecule has 0 spiro atoms. The first-order valence-electron chi connectivity index (χ1n) is 7.17. The molecule has 3 heterocycles. The maximum absolute atomic E-state index is 13.5. The third kappa shape index (κ3) is 2.18. The fourth-order valence-corrected chi connectivity index (χ4v) is 3.02. The van der Waals surface area contributed by atoms with Gasteiger partial charge in [-0.2, -0.15) is 9.50 Å². The first-order valence-corrected chi connectivity index (χ1v) is 8.39. The highest BCUT2D eigenvalue weighted by atomic mass is 32.2. The van der Waals surface area contributed by atoms with E-state index in [0.717, 1.165) is 0 Å². The van der Waals surface area contributed by atoms with Crippen molar-refractivity contribution in [2.75, 3.05) is 6.26 Å². The van der Waals surface area contributed by atoms with Gasteiger partial charge in [-0.25, -0.2) is 9.37 Å². The number of pyridine rings is 1. The topological polar surface area (TPSA) is 65.1 Å². The largest absolute Gasteiger partial charge is 0.284 e. The molecule has 0 radical (unpaired) electrons. The van der Waals surface area contributed by atoms with Crippen molar-refractivity contribution in [3.8, 4) is 5.69 Å². The van der Waals surface area contributed by atoms with Gasteiger partial charge in [-0.15, -0.1) is 5.10 Å². The van der Waals surface area contributed by atoms with Crippen molar-refractivity contribution in [2.24, 2.45) is 0 Å². The Balaban J connectivity index is 2.08. The number of aryl methyl sites for hydroxylation is 1. The number of aromatic nitrogens is 5. The van der Waals surface area contributed by atoms with Crippen LogP contribution >= 0.6 is 11.8 Å². The standard InChI is InChI=1S/C16H12FN5OS/c1-9-13-12(22-15(18-9)19-16(20-22)24-2)6-7-21(14(13)23)11-5-3-4-10(17)8-11/h3-8H,1-2H3. The minimum absolute atomic E-state index is 0.272. The highest BCUT2D eigenvalue weighted by molar-refractivity contribution is 7.98. The molecule has 1 aromatic carbocycles. The van der Waals surface area contributed by atoms with E-state index in [2.05, 4.69) is 15.1 Å². The molecule has 0 aliphatic carbocycles. The number of fused-ring (bicyclic) bond motifs is 3. The predicted octanol–water partition coefficient (Wildman–Crippen LogP) is 2.60. The zero-order valence-corrected chi connectivity index (χ0v) is 13.7. The number of halogens is 1. The Hall–Kier alpha value is -2.74. The lowest BCUT2D eigenvalue weighted by Gasteiger charge is -2.09. The molecule has 0 atom stereocenters. The van der Waals surface area contributed by atoms with Crippen LogP contribution < -0.4 is 5.56 Å². The second-order valence-electron chi connectivity index (χ2n) is 5.24. The summed E-state index contributed by atoms with van der Waals surface area (Å²) in [6.45, 7) is 1.76. The summed E-state index contributed by atoms with van der Waals surface area (Å²) in [4.78, 5) is 21.6. The number of hydrogen-bond donors (Lipinski definition) is 0. The molecule has 0 bridgehead atoms. The molecular formula is C16H12FN5OS. The van der Waals surface area contributed by atoms with Gasteiger partial charge in [0.2, 0.25) is 5.16 Å². The molecule has 24 heavy (non-hydrogen) atoms. The molecule has 120 valence electrons. The summed E-state index contributed by atoms with van der Waals surface area (Å²) < 4.78 is 16.4. The predicted molar refractivity (Wildman–Crippen MR) is 90.4 cm³/mol. The summed E-state index contributed by atoms with van der Waals surface area (Å²) in [7, 11) is 0. The molecular weight excluding hydrogens is 329 g/mol. The summed E-state index contributed by atoms with van der Waals surface area (Å²) >= 11 is 1.41. The molecule has 6 nitrogen and oxygen atoms in total. The molecule has 0 saturated carbocycles. The molecule has 0 aliphatic rings. The van der Waals surface area contributed by atoms with Crippen molar-refractivity contribution in [3.05, 3.63) is 58.4 Å². The molecule has 0 amide bonds. The molecule has 0 N–H and O–H groups in total. The van der Waals surface area contributed by atoms with Gasteiger partial charge >= 0.3 is 0 Å². The van der Waals surface area contributed by atoms with Gasteiger partial charge in [0.25, 0.3) is 11.3 Å². The van der Waals surface area contributed by atoms with Gasteiger partial charge in [0.05, 0.1) is 22.3 Å². The van der Waals surface area contributed by atoms with Crippen molar-refractivity contribution in [1.82, 2.24) is 24.1 Å². The summed E-state index contributed by atoms with van der Waals surface area (Å²) in [5.74, 6) is 0.0536. The summed E-state index contributed by atoms with van der Waals surface area (Å²) in [5, 5.41) is 5.38. The molecule has 0 fully saturated rings. The van der Waals surface area contributed by atoms with Crippen molar-refractivity contribution in [1.29, 1.82) is 0 Å². The lowest BCUT2D eigenvalue weighted by Crippen LogP contribution is -2.20. The zero-order valence-electron chi connectivity index (χ0n) is 12.9. The van der Waals surface area contributed by atoms with Gasteiger partial charge in [0, 0.05) is 6.20 Å². The molecule has 0 saturated heterocycles. The smallest absolute Gasteiger partial charge is 0.266 e. The average molecular weight is 341 g/mol. The average Bonchev–Trinajstić information content (AvgIpc) is 2.98. The Morgan fingerprint density at radius 2 is 2.04 bits per heavy atom. The van der Waals surface area contributed by atoms with E-state index in [0.29, 0.717) is 33.2 Å². The molecule has 4 rings (SSSR count). The highest BCUT2D eigenvalue weighted by Gasteiger charge is 2.14. The fraction of sp³-hybridized carbons (Fsp3) is 0.125. The van der Waals surface area contributed by atoms with Crippen molar-refractivity contribution >= 4 is 28.4 Å². The minimum atomic E-state index is -0.398. The molecule has 0 aliphatic heterocycles. The second-order valence-corrected chi connectivity index (χ2v) is 6.01. The van der Waals surface area contributed by atoms with E-state index < -0.39 is 5.82 Å². The van der Waals surface area contributed by atoms with Gasteiger partial charge in [0.15, 0.2) is 0 Å². The summed E-state index contributed by atoms with van der Waals surface area (Å²) in [5.41, 5.74) is 1.38. The lowest BCUT2D eigenvalue weighted by molar-refractivity contribution is 0.626. The van der Waals surface area contributed by atoms with E-state index in [9.17, 15) is 9.18 Å². The third-order valence-corrected chi connectivity index (χ3v) is 4.31. The van der Waals surface area contributed by atoms with E-state index in [4.69, 9.17) is 0 Å². The van der Waals surface area contributed by atoms with Crippen LogP contribution in [0.5, 0.6) is 0 Å². The molecule has 0 unspecified atom stereocenters. The Morgan fingerprint density at radius 1 is 1.21 bits per heavy atom. The van der Waals surface area contributed by atoms with Crippen LogP contribution in [0.2, 0.25) is 0 Å².